The van der Waals surface area contributed by atoms with Crippen LogP contribution < -0.4 is 5.73 Å². The summed E-state index contributed by atoms with van der Waals surface area (Å²) < 4.78 is 2.01. The van der Waals surface area contributed by atoms with Gasteiger partial charge in [0.2, 0.25) is 0 Å². The molecule has 1 aromatic carbocycles. The first kappa shape index (κ1) is 13.0. The standard InChI is InChI=1S/C14H17N5O/c1-2-13-17-18-14-11(7-9(20)8-15)16-10-5-3-4-6-12(10)19(13)14/h3-6,9,20H,2,7-8,15H2,1H3/t9-/m0/s1. The average Bonchev–Trinajstić information content (AvgIpc) is 2.91. The van der Waals surface area contributed by atoms with Crippen molar-refractivity contribution in [3.8, 4) is 0 Å². The third kappa shape index (κ3) is 2.03. The van der Waals surface area contributed by atoms with E-state index in [9.17, 15) is 5.11 Å². The lowest BCUT2D eigenvalue weighted by Crippen LogP contribution is -2.23. The van der Waals surface area contributed by atoms with Gasteiger partial charge in [0.25, 0.3) is 0 Å². The summed E-state index contributed by atoms with van der Waals surface area (Å²) in [6.45, 7) is 2.25. The second-order valence-electron chi connectivity index (χ2n) is 4.77. The third-order valence-corrected chi connectivity index (χ3v) is 3.38. The van der Waals surface area contributed by atoms with E-state index < -0.39 is 6.10 Å². The zero-order valence-corrected chi connectivity index (χ0v) is 11.3. The zero-order chi connectivity index (χ0) is 14.1. The van der Waals surface area contributed by atoms with Gasteiger partial charge in [0, 0.05) is 19.4 Å². The summed E-state index contributed by atoms with van der Waals surface area (Å²) in [5.41, 5.74) is 8.77. The first-order chi connectivity index (χ1) is 9.74. The van der Waals surface area contributed by atoms with E-state index in [0.29, 0.717) is 12.1 Å². The van der Waals surface area contributed by atoms with Gasteiger partial charge in [0.15, 0.2) is 5.65 Å². The molecule has 0 aliphatic carbocycles. The van der Waals surface area contributed by atoms with Gasteiger partial charge in [0.1, 0.15) is 5.82 Å². The Bertz CT molecular complexity index is 752. The summed E-state index contributed by atoms with van der Waals surface area (Å²) >= 11 is 0. The minimum absolute atomic E-state index is 0.204. The summed E-state index contributed by atoms with van der Waals surface area (Å²) in [6.07, 6.45) is 0.551. The van der Waals surface area contributed by atoms with Crippen LogP contribution >= 0.6 is 0 Å². The quantitative estimate of drug-likeness (QED) is 0.729. The number of aliphatic hydroxyl groups is 1. The molecule has 3 N–H and O–H groups in total. The molecular weight excluding hydrogens is 254 g/mol. The number of hydrogen-bond donors (Lipinski definition) is 2. The molecule has 0 aliphatic rings. The van der Waals surface area contributed by atoms with Crippen molar-refractivity contribution < 1.29 is 5.11 Å². The smallest absolute Gasteiger partial charge is 0.183 e. The summed E-state index contributed by atoms with van der Waals surface area (Å²) in [5.74, 6) is 0.891. The van der Waals surface area contributed by atoms with Crippen molar-refractivity contribution in [3.05, 3.63) is 35.8 Å². The number of aryl methyl sites for hydroxylation is 1. The molecule has 3 aromatic rings. The van der Waals surface area contributed by atoms with Crippen LogP contribution in [0.3, 0.4) is 0 Å². The van der Waals surface area contributed by atoms with E-state index >= 15 is 0 Å². The van der Waals surface area contributed by atoms with Crippen LogP contribution in [0.2, 0.25) is 0 Å². The second kappa shape index (κ2) is 5.15. The molecule has 0 unspecified atom stereocenters. The lowest BCUT2D eigenvalue weighted by atomic mass is 10.2. The second-order valence-corrected chi connectivity index (χ2v) is 4.77. The molecule has 0 fully saturated rings. The molecule has 0 radical (unpaired) electrons. The van der Waals surface area contributed by atoms with Crippen molar-refractivity contribution in [2.45, 2.75) is 25.9 Å². The predicted molar refractivity (Wildman–Crippen MR) is 76.4 cm³/mol. The fraction of sp³-hybridized carbons (Fsp3) is 0.357. The van der Waals surface area contributed by atoms with Crippen LogP contribution in [0.15, 0.2) is 24.3 Å². The molecule has 6 nitrogen and oxygen atoms in total. The van der Waals surface area contributed by atoms with Crippen molar-refractivity contribution >= 4 is 16.7 Å². The fourth-order valence-electron chi connectivity index (χ4n) is 2.37. The highest BCUT2D eigenvalue weighted by Crippen LogP contribution is 2.19. The topological polar surface area (TPSA) is 89.3 Å². The van der Waals surface area contributed by atoms with Crippen molar-refractivity contribution in [2.24, 2.45) is 5.73 Å². The molecule has 0 aliphatic heterocycles. The lowest BCUT2D eigenvalue weighted by Gasteiger charge is -2.10. The number of aromatic nitrogens is 4. The molecule has 0 amide bonds. The Morgan fingerprint density at radius 3 is 2.85 bits per heavy atom. The Kier molecular flexibility index (Phi) is 3.33. The highest BCUT2D eigenvalue weighted by atomic mass is 16.3. The van der Waals surface area contributed by atoms with Gasteiger partial charge in [-0.15, -0.1) is 10.2 Å². The first-order valence-corrected chi connectivity index (χ1v) is 6.74. The van der Waals surface area contributed by atoms with Crippen LogP contribution in [0.25, 0.3) is 16.7 Å². The lowest BCUT2D eigenvalue weighted by molar-refractivity contribution is 0.182. The maximum atomic E-state index is 9.78. The van der Waals surface area contributed by atoms with Crippen molar-refractivity contribution in [2.75, 3.05) is 6.54 Å². The minimum atomic E-state index is -0.616. The van der Waals surface area contributed by atoms with Crippen molar-refractivity contribution in [1.82, 2.24) is 19.6 Å². The van der Waals surface area contributed by atoms with E-state index in [1.807, 2.05) is 35.6 Å². The van der Waals surface area contributed by atoms with Gasteiger partial charge >= 0.3 is 0 Å². The summed E-state index contributed by atoms with van der Waals surface area (Å²) in [7, 11) is 0. The molecule has 2 aromatic heterocycles. The fourth-order valence-corrected chi connectivity index (χ4v) is 2.37. The molecular formula is C14H17N5O. The van der Waals surface area contributed by atoms with Crippen LogP contribution in [0.1, 0.15) is 18.4 Å². The van der Waals surface area contributed by atoms with E-state index in [4.69, 9.17) is 5.73 Å². The number of fused-ring (bicyclic) bond motifs is 3. The van der Waals surface area contributed by atoms with E-state index in [-0.39, 0.29) is 6.54 Å². The molecule has 104 valence electrons. The van der Waals surface area contributed by atoms with E-state index in [1.54, 1.807) is 0 Å². The average molecular weight is 271 g/mol. The van der Waals surface area contributed by atoms with E-state index in [0.717, 1.165) is 29.0 Å². The van der Waals surface area contributed by atoms with Gasteiger partial charge in [0.05, 0.1) is 22.8 Å². The molecule has 0 bridgehead atoms. The van der Waals surface area contributed by atoms with Crippen LogP contribution in [0.4, 0.5) is 0 Å². The molecule has 1 atom stereocenters. The number of nitrogens with two attached hydrogens (primary N) is 1. The maximum Gasteiger partial charge on any atom is 0.183 e. The van der Waals surface area contributed by atoms with Crippen LogP contribution in [-0.4, -0.2) is 37.3 Å². The Morgan fingerprint density at radius 2 is 2.10 bits per heavy atom. The highest BCUT2D eigenvalue weighted by molar-refractivity contribution is 5.78. The van der Waals surface area contributed by atoms with Crippen LogP contribution in [-0.2, 0) is 12.8 Å². The number of hydrogen-bond acceptors (Lipinski definition) is 5. The molecule has 6 heteroatoms. The van der Waals surface area contributed by atoms with Gasteiger partial charge in [-0.1, -0.05) is 19.1 Å². The van der Waals surface area contributed by atoms with Gasteiger partial charge in [-0.2, -0.15) is 0 Å². The number of nitrogens with zero attached hydrogens (tertiary/aromatic N) is 4. The zero-order valence-electron chi connectivity index (χ0n) is 11.3. The number of para-hydroxylation sites is 2. The molecule has 0 spiro atoms. The molecule has 20 heavy (non-hydrogen) atoms. The Hall–Kier alpha value is -2.05. The number of aliphatic hydroxyl groups excluding tert-OH is 1. The van der Waals surface area contributed by atoms with Crippen LogP contribution in [0.5, 0.6) is 0 Å². The third-order valence-electron chi connectivity index (χ3n) is 3.38. The summed E-state index contributed by atoms with van der Waals surface area (Å²) in [4.78, 5) is 4.60. The Morgan fingerprint density at radius 1 is 1.30 bits per heavy atom. The monoisotopic (exact) mass is 271 g/mol. The molecule has 2 heterocycles. The molecule has 0 saturated heterocycles. The normalized spacial score (nSPS) is 13.2. The predicted octanol–water partition coefficient (Wildman–Crippen LogP) is 0.702. The van der Waals surface area contributed by atoms with Crippen LogP contribution in [0, 0.1) is 0 Å². The SMILES string of the molecule is CCc1nnc2c(C[C@H](O)CN)nc3ccccc3n12. The summed E-state index contributed by atoms with van der Waals surface area (Å²) in [5, 5.41) is 18.2. The van der Waals surface area contributed by atoms with Gasteiger partial charge in [-0.05, 0) is 12.1 Å². The number of benzene rings is 1. The van der Waals surface area contributed by atoms with E-state index in [1.165, 1.54) is 0 Å². The Balaban J connectivity index is 2.31. The van der Waals surface area contributed by atoms with Gasteiger partial charge < -0.3 is 10.8 Å². The molecule has 0 saturated carbocycles. The van der Waals surface area contributed by atoms with Gasteiger partial charge in [-0.25, -0.2) is 4.98 Å². The highest BCUT2D eigenvalue weighted by Gasteiger charge is 2.16. The largest absolute Gasteiger partial charge is 0.391 e. The Labute approximate surface area is 116 Å². The van der Waals surface area contributed by atoms with Crippen molar-refractivity contribution in [1.29, 1.82) is 0 Å². The maximum absolute atomic E-state index is 9.78. The number of rotatable bonds is 4. The molecule has 3 rings (SSSR count). The van der Waals surface area contributed by atoms with Gasteiger partial charge in [-0.3, -0.25) is 4.40 Å². The van der Waals surface area contributed by atoms with Crippen molar-refractivity contribution in [3.63, 3.8) is 0 Å². The van der Waals surface area contributed by atoms with E-state index in [2.05, 4.69) is 15.2 Å². The summed E-state index contributed by atoms with van der Waals surface area (Å²) in [6, 6.07) is 7.87. The minimum Gasteiger partial charge on any atom is -0.391 e. The first-order valence-electron chi connectivity index (χ1n) is 6.74.